The molecule has 2 aromatic heterocycles. The van der Waals surface area contributed by atoms with Crippen molar-refractivity contribution in [3.63, 3.8) is 0 Å². The van der Waals surface area contributed by atoms with E-state index >= 15 is 0 Å². The van der Waals surface area contributed by atoms with E-state index in [0.29, 0.717) is 32.7 Å². The molecule has 3 heterocycles. The van der Waals surface area contributed by atoms with Gasteiger partial charge in [0.05, 0.1) is 30.7 Å². The molecule has 1 atom stereocenters. The smallest absolute Gasteiger partial charge is 0.214 e. The van der Waals surface area contributed by atoms with Crippen LogP contribution in [0, 0.1) is 0 Å². The first kappa shape index (κ1) is 17.1. The average Bonchev–Trinajstić information content (AvgIpc) is 2.91. The lowest BCUT2D eigenvalue weighted by Gasteiger charge is -2.23. The van der Waals surface area contributed by atoms with E-state index in [1.807, 2.05) is 43.5 Å². The maximum atomic E-state index is 12.5. The highest BCUT2D eigenvalue weighted by Gasteiger charge is 2.29. The summed E-state index contributed by atoms with van der Waals surface area (Å²) >= 11 is 0. The van der Waals surface area contributed by atoms with Gasteiger partial charge in [-0.3, -0.25) is 4.98 Å². The number of aromatic nitrogens is 2. The van der Waals surface area contributed by atoms with Crippen molar-refractivity contribution >= 4 is 10.0 Å². The van der Waals surface area contributed by atoms with E-state index in [1.165, 1.54) is 0 Å². The van der Waals surface area contributed by atoms with Gasteiger partial charge >= 0.3 is 0 Å². The van der Waals surface area contributed by atoms with Gasteiger partial charge in [-0.15, -0.1) is 0 Å². The van der Waals surface area contributed by atoms with Crippen molar-refractivity contribution in [1.29, 1.82) is 0 Å². The topological polar surface area (TPSA) is 64.4 Å². The van der Waals surface area contributed by atoms with Crippen LogP contribution in [0.5, 0.6) is 0 Å². The minimum Gasteiger partial charge on any atom is -0.369 e. The number of nitrogens with zero attached hydrogens (tertiary/aromatic N) is 3. The Morgan fingerprint density at radius 3 is 2.88 bits per heavy atom. The standard InChI is InChI=1S/C17H23N3O3S/c1-2-10-24(21,22)20-11-16-7-5-9-19(16)12-17(13-20)23-14-15-6-3-4-8-18-15/h3-9,17H,2,10-14H2,1H3/t17-/m0/s1. The maximum absolute atomic E-state index is 12.5. The van der Waals surface area contributed by atoms with Gasteiger partial charge in [0.15, 0.2) is 0 Å². The van der Waals surface area contributed by atoms with Gasteiger partial charge in [-0.25, -0.2) is 8.42 Å². The molecule has 0 saturated heterocycles. The van der Waals surface area contributed by atoms with Crippen LogP contribution in [-0.4, -0.2) is 40.7 Å². The van der Waals surface area contributed by atoms with E-state index in [9.17, 15) is 8.42 Å². The summed E-state index contributed by atoms with van der Waals surface area (Å²) in [4.78, 5) is 4.25. The summed E-state index contributed by atoms with van der Waals surface area (Å²) in [5, 5.41) is 0. The molecule has 0 fully saturated rings. The van der Waals surface area contributed by atoms with Crippen molar-refractivity contribution in [2.24, 2.45) is 0 Å². The summed E-state index contributed by atoms with van der Waals surface area (Å²) in [7, 11) is -3.27. The van der Waals surface area contributed by atoms with Crippen LogP contribution in [0.3, 0.4) is 0 Å². The predicted octanol–water partition coefficient (Wildman–Crippen LogP) is 2.02. The number of hydrogen-bond acceptors (Lipinski definition) is 4. The lowest BCUT2D eigenvalue weighted by Crippen LogP contribution is -2.38. The molecule has 1 aliphatic rings. The zero-order chi connectivity index (χ0) is 17.0. The van der Waals surface area contributed by atoms with Crippen molar-refractivity contribution in [1.82, 2.24) is 13.9 Å². The highest BCUT2D eigenvalue weighted by molar-refractivity contribution is 7.89. The number of ether oxygens (including phenoxy) is 1. The lowest BCUT2D eigenvalue weighted by atomic mass is 10.3. The molecule has 0 unspecified atom stereocenters. The molecule has 2 aromatic rings. The summed E-state index contributed by atoms with van der Waals surface area (Å²) in [5.41, 5.74) is 1.84. The summed E-state index contributed by atoms with van der Waals surface area (Å²) < 4.78 is 34.7. The summed E-state index contributed by atoms with van der Waals surface area (Å²) in [6.07, 6.45) is 4.11. The third-order valence-electron chi connectivity index (χ3n) is 4.12. The zero-order valence-electron chi connectivity index (χ0n) is 13.8. The Morgan fingerprint density at radius 2 is 2.12 bits per heavy atom. The first-order chi connectivity index (χ1) is 11.6. The van der Waals surface area contributed by atoms with E-state index in [0.717, 1.165) is 11.4 Å². The Hall–Kier alpha value is -1.70. The third kappa shape index (κ3) is 4.03. The summed E-state index contributed by atoms with van der Waals surface area (Å²) in [6, 6.07) is 9.60. The molecule has 3 rings (SSSR count). The quantitative estimate of drug-likeness (QED) is 0.800. The summed E-state index contributed by atoms with van der Waals surface area (Å²) in [5.74, 6) is 0.167. The lowest BCUT2D eigenvalue weighted by molar-refractivity contribution is 0.0207. The molecule has 7 heteroatoms. The molecule has 0 radical (unpaired) electrons. The molecule has 0 aliphatic carbocycles. The molecule has 0 saturated carbocycles. The van der Waals surface area contributed by atoms with Gasteiger partial charge in [-0.1, -0.05) is 13.0 Å². The number of fused-ring (bicyclic) bond motifs is 1. The minimum atomic E-state index is -3.27. The molecule has 0 bridgehead atoms. The summed E-state index contributed by atoms with van der Waals surface area (Å²) in [6.45, 7) is 3.68. The van der Waals surface area contributed by atoms with Crippen molar-refractivity contribution in [3.05, 3.63) is 54.1 Å². The fraction of sp³-hybridized carbons (Fsp3) is 0.471. The molecular weight excluding hydrogens is 326 g/mol. The fourth-order valence-electron chi connectivity index (χ4n) is 2.91. The highest BCUT2D eigenvalue weighted by Crippen LogP contribution is 2.19. The van der Waals surface area contributed by atoms with Gasteiger partial charge in [-0.2, -0.15) is 4.31 Å². The number of hydrogen-bond donors (Lipinski definition) is 0. The number of rotatable bonds is 6. The Morgan fingerprint density at radius 1 is 1.25 bits per heavy atom. The van der Waals surface area contributed by atoms with Crippen LogP contribution in [0.2, 0.25) is 0 Å². The van der Waals surface area contributed by atoms with Crippen LogP contribution < -0.4 is 0 Å². The predicted molar refractivity (Wildman–Crippen MR) is 91.7 cm³/mol. The largest absolute Gasteiger partial charge is 0.369 e. The SMILES string of the molecule is CCCS(=O)(=O)N1Cc2cccn2C[C@H](OCc2ccccn2)C1. The minimum absolute atomic E-state index is 0.167. The molecule has 130 valence electrons. The molecule has 0 N–H and O–H groups in total. The van der Waals surface area contributed by atoms with Crippen LogP contribution in [-0.2, 0) is 34.5 Å². The van der Waals surface area contributed by atoms with Crippen molar-refractivity contribution in [2.75, 3.05) is 12.3 Å². The monoisotopic (exact) mass is 349 g/mol. The van der Waals surface area contributed by atoms with Crippen LogP contribution in [0.1, 0.15) is 24.7 Å². The van der Waals surface area contributed by atoms with Gasteiger partial charge in [0, 0.05) is 31.2 Å². The van der Waals surface area contributed by atoms with E-state index in [4.69, 9.17) is 4.74 Å². The first-order valence-corrected chi connectivity index (χ1v) is 9.83. The molecule has 0 amide bonds. The Bertz CT molecular complexity index is 758. The van der Waals surface area contributed by atoms with Gasteiger partial charge < -0.3 is 9.30 Å². The van der Waals surface area contributed by atoms with Gasteiger partial charge in [0.1, 0.15) is 0 Å². The Balaban J connectivity index is 1.76. The molecule has 24 heavy (non-hydrogen) atoms. The molecule has 1 aliphatic heterocycles. The molecule has 0 aromatic carbocycles. The number of sulfonamides is 1. The second-order valence-corrected chi connectivity index (χ2v) is 8.10. The van der Waals surface area contributed by atoms with Gasteiger partial charge in [-0.05, 0) is 30.7 Å². The van der Waals surface area contributed by atoms with Gasteiger partial charge in [0.2, 0.25) is 10.0 Å². The van der Waals surface area contributed by atoms with E-state index in [-0.39, 0.29) is 11.9 Å². The second kappa shape index (κ2) is 7.46. The fourth-order valence-corrected chi connectivity index (χ4v) is 4.41. The van der Waals surface area contributed by atoms with E-state index < -0.39 is 10.0 Å². The molecule has 6 nitrogen and oxygen atoms in total. The number of pyridine rings is 1. The molecule has 0 spiro atoms. The Kier molecular flexibility index (Phi) is 5.33. The zero-order valence-corrected chi connectivity index (χ0v) is 14.7. The third-order valence-corrected chi connectivity index (χ3v) is 6.11. The highest BCUT2D eigenvalue weighted by atomic mass is 32.2. The van der Waals surface area contributed by atoms with Gasteiger partial charge in [0.25, 0.3) is 0 Å². The van der Waals surface area contributed by atoms with Crippen molar-refractivity contribution < 1.29 is 13.2 Å². The van der Waals surface area contributed by atoms with Crippen LogP contribution in [0.15, 0.2) is 42.7 Å². The van der Waals surface area contributed by atoms with Crippen molar-refractivity contribution in [2.45, 2.75) is 39.1 Å². The average molecular weight is 349 g/mol. The van der Waals surface area contributed by atoms with E-state index in [2.05, 4.69) is 9.55 Å². The molecular formula is C17H23N3O3S. The first-order valence-electron chi connectivity index (χ1n) is 8.22. The van der Waals surface area contributed by atoms with Crippen LogP contribution in [0.4, 0.5) is 0 Å². The van der Waals surface area contributed by atoms with Crippen LogP contribution in [0.25, 0.3) is 0 Å². The second-order valence-electron chi connectivity index (χ2n) is 6.01. The Labute approximate surface area is 143 Å². The van der Waals surface area contributed by atoms with Crippen molar-refractivity contribution in [3.8, 4) is 0 Å². The normalized spacial score (nSPS) is 19.0. The maximum Gasteiger partial charge on any atom is 0.214 e. The van der Waals surface area contributed by atoms with Crippen LogP contribution >= 0.6 is 0 Å². The van der Waals surface area contributed by atoms with E-state index in [1.54, 1.807) is 10.5 Å².